The second kappa shape index (κ2) is 4.76. The first-order valence-corrected chi connectivity index (χ1v) is 5.76. The molecule has 0 aliphatic rings. The average Bonchev–Trinajstić information content (AvgIpc) is 2.51. The Balaban J connectivity index is 3.03. The van der Waals surface area contributed by atoms with Crippen molar-refractivity contribution in [3.8, 4) is 0 Å². The Morgan fingerprint density at radius 3 is 2.47 bits per heavy atom. The maximum absolute atomic E-state index is 11.1. The van der Waals surface area contributed by atoms with Gasteiger partial charge in [-0.25, -0.2) is 4.79 Å². The number of likely N-dealkylation sites (N-methyl/N-ethyl adjacent to an activating group) is 1. The van der Waals surface area contributed by atoms with E-state index in [0.717, 1.165) is 3.79 Å². The lowest BCUT2D eigenvalue weighted by atomic mass is 10.2. The molecule has 0 aromatic carbocycles. The zero-order chi connectivity index (χ0) is 11.6. The Labute approximate surface area is 99.6 Å². The summed E-state index contributed by atoms with van der Waals surface area (Å²) in [6, 6.07) is 2.57. The smallest absolute Gasteiger partial charge is 0.331 e. The largest absolute Gasteiger partial charge is 0.479 e. The van der Waals surface area contributed by atoms with Crippen molar-refractivity contribution in [2.24, 2.45) is 0 Å². The van der Waals surface area contributed by atoms with Gasteiger partial charge in [0.15, 0.2) is 6.04 Å². The molecular weight excluding hydrogens is 282 g/mol. The number of rotatable bonds is 3. The van der Waals surface area contributed by atoms with Gasteiger partial charge in [0.2, 0.25) is 5.91 Å². The fourth-order valence-corrected chi connectivity index (χ4v) is 2.70. The molecule has 1 aromatic rings. The molecule has 0 saturated heterocycles. The van der Waals surface area contributed by atoms with Crippen molar-refractivity contribution in [2.75, 3.05) is 7.05 Å². The van der Waals surface area contributed by atoms with E-state index in [0.29, 0.717) is 4.88 Å². The van der Waals surface area contributed by atoms with E-state index in [9.17, 15) is 9.59 Å². The van der Waals surface area contributed by atoms with E-state index >= 15 is 0 Å². The number of amides is 1. The second-order valence-electron chi connectivity index (χ2n) is 3.01. The van der Waals surface area contributed by atoms with Crippen molar-refractivity contribution in [1.82, 2.24) is 4.90 Å². The molecule has 0 saturated carbocycles. The van der Waals surface area contributed by atoms with Crippen LogP contribution < -0.4 is 0 Å². The Hall–Kier alpha value is -0.880. The summed E-state index contributed by atoms with van der Waals surface area (Å²) < 4.78 is 0.848. The van der Waals surface area contributed by atoms with Crippen molar-refractivity contribution >= 4 is 39.1 Å². The number of thiophene rings is 1. The van der Waals surface area contributed by atoms with Gasteiger partial charge in [0.1, 0.15) is 0 Å². The van der Waals surface area contributed by atoms with Crippen molar-refractivity contribution in [3.05, 3.63) is 20.8 Å². The molecule has 1 unspecified atom stereocenters. The maximum Gasteiger partial charge on any atom is 0.331 e. The highest BCUT2D eigenvalue weighted by Crippen LogP contribution is 2.30. The van der Waals surface area contributed by atoms with Crippen LogP contribution in [0.25, 0.3) is 0 Å². The lowest BCUT2D eigenvalue weighted by Crippen LogP contribution is -2.33. The minimum absolute atomic E-state index is 0.271. The first-order chi connectivity index (χ1) is 6.93. The van der Waals surface area contributed by atoms with E-state index in [1.807, 2.05) is 0 Å². The van der Waals surface area contributed by atoms with Crippen LogP contribution in [0.4, 0.5) is 0 Å². The SMILES string of the molecule is CC(=O)N(C)C(C(=O)O)c1ccc(Br)s1. The summed E-state index contributed by atoms with van der Waals surface area (Å²) in [5.41, 5.74) is 0. The van der Waals surface area contributed by atoms with Gasteiger partial charge < -0.3 is 10.0 Å². The quantitative estimate of drug-likeness (QED) is 0.928. The molecule has 4 nitrogen and oxygen atoms in total. The molecule has 6 heteroatoms. The standard InChI is InChI=1S/C9H10BrNO3S/c1-5(12)11(2)8(9(13)14)6-3-4-7(10)15-6/h3-4,8H,1-2H3,(H,13,14). The molecule has 0 radical (unpaired) electrons. The van der Waals surface area contributed by atoms with Crippen molar-refractivity contribution in [2.45, 2.75) is 13.0 Å². The van der Waals surface area contributed by atoms with Gasteiger partial charge in [-0.1, -0.05) is 0 Å². The number of hydrogen-bond acceptors (Lipinski definition) is 3. The fourth-order valence-electron chi connectivity index (χ4n) is 1.14. The highest BCUT2D eigenvalue weighted by Gasteiger charge is 2.27. The molecule has 0 aliphatic carbocycles. The molecule has 1 amide bonds. The van der Waals surface area contributed by atoms with E-state index < -0.39 is 12.0 Å². The van der Waals surface area contributed by atoms with Crippen molar-refractivity contribution in [3.63, 3.8) is 0 Å². The summed E-state index contributed by atoms with van der Waals surface area (Å²) >= 11 is 4.57. The number of carbonyl (C=O) groups is 2. The lowest BCUT2D eigenvalue weighted by molar-refractivity contribution is -0.148. The minimum Gasteiger partial charge on any atom is -0.479 e. The van der Waals surface area contributed by atoms with Crippen LogP contribution in [0.15, 0.2) is 15.9 Å². The van der Waals surface area contributed by atoms with Gasteiger partial charge >= 0.3 is 5.97 Å². The number of carboxylic acids is 1. The monoisotopic (exact) mass is 291 g/mol. The van der Waals surface area contributed by atoms with Crippen LogP contribution in [-0.4, -0.2) is 28.9 Å². The van der Waals surface area contributed by atoms with Gasteiger partial charge in [-0.05, 0) is 28.1 Å². The molecule has 1 aromatic heterocycles. The topological polar surface area (TPSA) is 57.6 Å². The number of nitrogens with zero attached hydrogens (tertiary/aromatic N) is 1. The van der Waals surface area contributed by atoms with Crippen molar-refractivity contribution in [1.29, 1.82) is 0 Å². The summed E-state index contributed by atoms with van der Waals surface area (Å²) in [5, 5.41) is 9.05. The first kappa shape index (κ1) is 12.2. The summed E-state index contributed by atoms with van der Waals surface area (Å²) in [5.74, 6) is -1.30. The first-order valence-electron chi connectivity index (χ1n) is 4.15. The van der Waals surface area contributed by atoms with Gasteiger partial charge in [-0.3, -0.25) is 4.79 Å². The maximum atomic E-state index is 11.1. The highest BCUT2D eigenvalue weighted by molar-refractivity contribution is 9.11. The Bertz CT molecular complexity index is 390. The predicted octanol–water partition coefficient (Wildman–Crippen LogP) is 2.11. The van der Waals surface area contributed by atoms with Gasteiger partial charge in [-0.15, -0.1) is 11.3 Å². The molecule has 0 spiro atoms. The molecular formula is C9H10BrNO3S. The number of carboxylic acid groups (broad SMARTS) is 1. The van der Waals surface area contributed by atoms with E-state index in [-0.39, 0.29) is 5.91 Å². The Morgan fingerprint density at radius 2 is 2.13 bits per heavy atom. The Kier molecular flexibility index (Phi) is 3.87. The van der Waals surface area contributed by atoms with Crippen LogP contribution in [-0.2, 0) is 9.59 Å². The number of carbonyl (C=O) groups excluding carboxylic acids is 1. The molecule has 1 heterocycles. The number of halogens is 1. The lowest BCUT2D eigenvalue weighted by Gasteiger charge is -2.22. The summed E-state index contributed by atoms with van der Waals surface area (Å²) in [6.45, 7) is 1.35. The number of hydrogen-bond donors (Lipinski definition) is 1. The van der Waals surface area contributed by atoms with Gasteiger partial charge in [0.25, 0.3) is 0 Å². The van der Waals surface area contributed by atoms with Crippen molar-refractivity contribution < 1.29 is 14.7 Å². The molecule has 82 valence electrons. The third-order valence-electron chi connectivity index (χ3n) is 1.98. The zero-order valence-electron chi connectivity index (χ0n) is 8.23. The summed E-state index contributed by atoms with van der Waals surface area (Å²) in [6.07, 6.45) is 0. The average molecular weight is 292 g/mol. The molecule has 15 heavy (non-hydrogen) atoms. The summed E-state index contributed by atoms with van der Waals surface area (Å²) in [4.78, 5) is 24.0. The van der Waals surface area contributed by atoms with Gasteiger partial charge in [0, 0.05) is 18.8 Å². The van der Waals surface area contributed by atoms with E-state index in [1.165, 1.54) is 30.2 Å². The third kappa shape index (κ3) is 2.79. The molecule has 0 fully saturated rings. The normalized spacial score (nSPS) is 12.2. The van der Waals surface area contributed by atoms with Crippen LogP contribution in [0, 0.1) is 0 Å². The van der Waals surface area contributed by atoms with Crippen LogP contribution in [0.5, 0.6) is 0 Å². The number of aliphatic carboxylic acids is 1. The van der Waals surface area contributed by atoms with Crippen LogP contribution in [0.1, 0.15) is 17.8 Å². The predicted molar refractivity (Wildman–Crippen MR) is 60.8 cm³/mol. The van der Waals surface area contributed by atoms with Crippen LogP contribution >= 0.6 is 27.3 Å². The van der Waals surface area contributed by atoms with Crippen LogP contribution in [0.2, 0.25) is 0 Å². The molecule has 0 bridgehead atoms. The molecule has 1 N–H and O–H groups in total. The molecule has 1 atom stereocenters. The minimum atomic E-state index is -1.03. The van der Waals surface area contributed by atoms with Crippen LogP contribution in [0.3, 0.4) is 0 Å². The zero-order valence-corrected chi connectivity index (χ0v) is 10.6. The Morgan fingerprint density at radius 1 is 1.53 bits per heavy atom. The van der Waals surface area contributed by atoms with E-state index in [4.69, 9.17) is 5.11 Å². The highest BCUT2D eigenvalue weighted by atomic mass is 79.9. The summed E-state index contributed by atoms with van der Waals surface area (Å²) in [7, 11) is 1.48. The molecule has 1 rings (SSSR count). The fraction of sp³-hybridized carbons (Fsp3) is 0.333. The van der Waals surface area contributed by atoms with Gasteiger partial charge in [-0.2, -0.15) is 0 Å². The molecule has 0 aliphatic heterocycles. The van der Waals surface area contributed by atoms with E-state index in [2.05, 4.69) is 15.9 Å². The second-order valence-corrected chi connectivity index (χ2v) is 5.51. The van der Waals surface area contributed by atoms with E-state index in [1.54, 1.807) is 12.1 Å². The van der Waals surface area contributed by atoms with Gasteiger partial charge in [0.05, 0.1) is 3.79 Å². The third-order valence-corrected chi connectivity index (χ3v) is 3.66.